The van der Waals surface area contributed by atoms with Crippen molar-refractivity contribution < 1.29 is 21.5 Å². The Hall–Kier alpha value is -1.32. The van der Waals surface area contributed by atoms with Crippen molar-refractivity contribution in [1.82, 2.24) is 4.98 Å². The van der Waals surface area contributed by atoms with Crippen LogP contribution in [-0.4, -0.2) is 4.98 Å². The van der Waals surface area contributed by atoms with Crippen molar-refractivity contribution in [3.8, 4) is 0 Å². The van der Waals surface area contributed by atoms with Gasteiger partial charge in [-0.05, 0) is 24.3 Å². The van der Waals surface area contributed by atoms with E-state index in [2.05, 4.69) is 34.6 Å². The van der Waals surface area contributed by atoms with Crippen molar-refractivity contribution in [2.75, 3.05) is 0 Å². The van der Waals surface area contributed by atoms with Gasteiger partial charge in [0.25, 0.3) is 0 Å². The largest absolute Gasteiger partial charge is 1.00 e. The summed E-state index contributed by atoms with van der Waals surface area (Å²) in [6.45, 7) is 4.55. The summed E-state index contributed by atoms with van der Waals surface area (Å²) in [6, 6.07) is 8.01. The predicted octanol–water partition coefficient (Wildman–Crippen LogP) is 0.452. The highest BCUT2D eigenvalue weighted by atomic mass is 79.9. The Bertz CT molecular complexity index is 718. The van der Waals surface area contributed by atoms with Crippen LogP contribution in [0.1, 0.15) is 0 Å². The van der Waals surface area contributed by atoms with Crippen LogP contribution in [0.15, 0.2) is 49.3 Å². The third-order valence-corrected chi connectivity index (χ3v) is 3.13. The van der Waals surface area contributed by atoms with Gasteiger partial charge in [0.2, 0.25) is 0 Å². The highest BCUT2D eigenvalue weighted by Gasteiger charge is 2.08. The Kier molecular flexibility index (Phi) is 3.73. The van der Waals surface area contributed by atoms with E-state index in [4.69, 9.17) is 11.6 Å². The lowest BCUT2D eigenvalue weighted by Gasteiger charge is -1.92. The fourth-order valence-electron chi connectivity index (χ4n) is 2.13. The summed E-state index contributed by atoms with van der Waals surface area (Å²) < 4.78 is 2.09. The van der Waals surface area contributed by atoms with Crippen LogP contribution in [0, 0.1) is 0 Å². The van der Waals surface area contributed by atoms with Crippen molar-refractivity contribution in [3.05, 3.63) is 54.3 Å². The van der Waals surface area contributed by atoms with Gasteiger partial charge in [0.05, 0.1) is 0 Å². The maximum atomic E-state index is 6.02. The Morgan fingerprint density at radius 2 is 2.06 bits per heavy atom. The molecular formula is C14H12BrClN2. The van der Waals surface area contributed by atoms with Gasteiger partial charge in [-0.15, -0.1) is 0 Å². The summed E-state index contributed by atoms with van der Waals surface area (Å²) >= 11 is 6.02. The molecule has 2 nitrogen and oxygen atoms in total. The van der Waals surface area contributed by atoms with E-state index >= 15 is 0 Å². The van der Waals surface area contributed by atoms with E-state index in [1.54, 1.807) is 0 Å². The number of pyridine rings is 1. The molecule has 0 fully saturated rings. The number of nitrogens with zero attached hydrogens (tertiary/aromatic N) is 1. The molecule has 0 saturated carbocycles. The molecule has 0 aliphatic rings. The molecule has 0 amide bonds. The Balaban J connectivity index is 0.00000120. The van der Waals surface area contributed by atoms with Crippen LogP contribution in [0.3, 0.4) is 0 Å². The number of hydrogen-bond donors (Lipinski definition) is 1. The van der Waals surface area contributed by atoms with E-state index in [0.717, 1.165) is 22.6 Å². The molecule has 2 aromatic heterocycles. The van der Waals surface area contributed by atoms with Gasteiger partial charge in [0.15, 0.2) is 18.9 Å². The molecule has 92 valence electrons. The summed E-state index contributed by atoms with van der Waals surface area (Å²) in [6.07, 6.45) is 6.02. The highest BCUT2D eigenvalue weighted by Crippen LogP contribution is 2.26. The number of allylic oxidation sites excluding steroid dienone is 1. The van der Waals surface area contributed by atoms with E-state index in [9.17, 15) is 0 Å². The second kappa shape index (κ2) is 5.12. The third kappa shape index (κ3) is 2.16. The smallest absolute Gasteiger partial charge is 0.193 e. The molecule has 0 unspecified atom stereocenters. The van der Waals surface area contributed by atoms with Gasteiger partial charge in [-0.1, -0.05) is 18.2 Å². The fourth-order valence-corrected chi connectivity index (χ4v) is 2.30. The van der Waals surface area contributed by atoms with Gasteiger partial charge in [-0.25, -0.2) is 0 Å². The number of rotatable bonds is 2. The van der Waals surface area contributed by atoms with Crippen molar-refractivity contribution in [2.24, 2.45) is 0 Å². The number of nitrogens with one attached hydrogen (secondary N) is 1. The summed E-state index contributed by atoms with van der Waals surface area (Å²) in [5.41, 5.74) is 2.23. The van der Waals surface area contributed by atoms with Crippen LogP contribution in [0.25, 0.3) is 21.8 Å². The summed E-state index contributed by atoms with van der Waals surface area (Å²) in [5.74, 6) is 0. The van der Waals surface area contributed by atoms with Crippen molar-refractivity contribution in [2.45, 2.75) is 6.54 Å². The second-order valence-electron chi connectivity index (χ2n) is 4.07. The van der Waals surface area contributed by atoms with Crippen LogP contribution >= 0.6 is 11.6 Å². The third-order valence-electron chi connectivity index (χ3n) is 2.90. The maximum absolute atomic E-state index is 6.02. The molecule has 3 aromatic rings. The molecule has 2 heterocycles. The van der Waals surface area contributed by atoms with E-state index < -0.39 is 0 Å². The van der Waals surface area contributed by atoms with Gasteiger partial charge in [0, 0.05) is 27.4 Å². The summed E-state index contributed by atoms with van der Waals surface area (Å²) in [7, 11) is 0. The minimum absolute atomic E-state index is 0. The number of benzene rings is 1. The molecule has 18 heavy (non-hydrogen) atoms. The molecule has 0 aliphatic heterocycles. The van der Waals surface area contributed by atoms with Crippen LogP contribution < -0.4 is 21.5 Å². The molecule has 0 atom stereocenters. The molecule has 0 saturated heterocycles. The Morgan fingerprint density at radius 1 is 1.22 bits per heavy atom. The van der Waals surface area contributed by atoms with E-state index in [-0.39, 0.29) is 17.0 Å². The molecular weight excluding hydrogens is 312 g/mol. The SMILES string of the molecule is C=CC[n+]1ccc2c(c1)[nH]c1ccc(Cl)cc12.[Br-]. The molecule has 0 bridgehead atoms. The van der Waals surface area contributed by atoms with Crippen molar-refractivity contribution in [1.29, 1.82) is 0 Å². The zero-order valence-electron chi connectivity index (χ0n) is 9.66. The number of aromatic amines is 1. The lowest BCUT2D eigenvalue weighted by Crippen LogP contribution is -3.00. The first-order valence-corrected chi connectivity index (χ1v) is 5.86. The maximum Gasteiger partial charge on any atom is 0.193 e. The topological polar surface area (TPSA) is 19.7 Å². The van der Waals surface area contributed by atoms with E-state index in [0.29, 0.717) is 0 Å². The zero-order chi connectivity index (χ0) is 11.8. The molecule has 0 aliphatic carbocycles. The lowest BCUT2D eigenvalue weighted by molar-refractivity contribution is -0.685. The average Bonchev–Trinajstić information content (AvgIpc) is 2.66. The van der Waals surface area contributed by atoms with Gasteiger partial charge in [-0.2, -0.15) is 4.57 Å². The number of aromatic nitrogens is 2. The van der Waals surface area contributed by atoms with Gasteiger partial charge < -0.3 is 22.0 Å². The van der Waals surface area contributed by atoms with Crippen LogP contribution in [0.5, 0.6) is 0 Å². The van der Waals surface area contributed by atoms with Crippen LogP contribution in [-0.2, 0) is 6.54 Å². The molecule has 1 N–H and O–H groups in total. The molecule has 3 rings (SSSR count). The monoisotopic (exact) mass is 322 g/mol. The highest BCUT2D eigenvalue weighted by molar-refractivity contribution is 6.31. The Labute approximate surface area is 121 Å². The lowest BCUT2D eigenvalue weighted by atomic mass is 10.2. The zero-order valence-corrected chi connectivity index (χ0v) is 12.0. The van der Waals surface area contributed by atoms with Crippen LogP contribution in [0.4, 0.5) is 0 Å². The van der Waals surface area contributed by atoms with Gasteiger partial charge in [-0.3, -0.25) is 0 Å². The normalized spacial score (nSPS) is 10.5. The predicted molar refractivity (Wildman–Crippen MR) is 71.2 cm³/mol. The first kappa shape index (κ1) is 13.1. The molecule has 0 radical (unpaired) electrons. The van der Waals surface area contributed by atoms with Crippen molar-refractivity contribution >= 4 is 33.4 Å². The number of hydrogen-bond acceptors (Lipinski definition) is 0. The molecule has 1 aromatic carbocycles. The number of H-pyrrole nitrogens is 1. The molecule has 0 spiro atoms. The van der Waals surface area contributed by atoms with Crippen LogP contribution in [0.2, 0.25) is 5.02 Å². The van der Waals surface area contributed by atoms with Gasteiger partial charge in [0.1, 0.15) is 5.52 Å². The average molecular weight is 324 g/mol. The van der Waals surface area contributed by atoms with E-state index in [1.807, 2.05) is 24.3 Å². The summed E-state index contributed by atoms with van der Waals surface area (Å²) in [5, 5.41) is 3.13. The van der Waals surface area contributed by atoms with E-state index in [1.165, 1.54) is 10.8 Å². The molecule has 4 heteroatoms. The minimum atomic E-state index is 0. The number of fused-ring (bicyclic) bond motifs is 3. The number of halogens is 2. The fraction of sp³-hybridized carbons (Fsp3) is 0.0714. The van der Waals surface area contributed by atoms with Gasteiger partial charge >= 0.3 is 0 Å². The first-order valence-electron chi connectivity index (χ1n) is 5.49. The first-order chi connectivity index (χ1) is 8.28. The summed E-state index contributed by atoms with van der Waals surface area (Å²) in [4.78, 5) is 3.39. The Morgan fingerprint density at radius 3 is 2.83 bits per heavy atom. The second-order valence-corrected chi connectivity index (χ2v) is 4.51. The van der Waals surface area contributed by atoms with Crippen molar-refractivity contribution in [3.63, 3.8) is 0 Å². The standard InChI is InChI=1S/C14H11ClN2.BrH/c1-2-6-17-7-5-11-12-8-10(15)3-4-13(12)16-14(11)9-17;/h2-5,7-9H,1,6H2;1H. The minimum Gasteiger partial charge on any atom is -1.00 e. The quantitative estimate of drug-likeness (QED) is 0.522.